The van der Waals surface area contributed by atoms with Gasteiger partial charge in [0.05, 0.1) is 31.8 Å². The molecule has 2 nitrogen and oxygen atoms in total. The van der Waals surface area contributed by atoms with Gasteiger partial charge in [-0.3, -0.25) is 0 Å². The van der Waals surface area contributed by atoms with Crippen LogP contribution in [-0.4, -0.2) is 54.4 Å². The zero-order valence-electron chi connectivity index (χ0n) is 19.4. The van der Waals surface area contributed by atoms with Crippen LogP contribution in [0.4, 0.5) is 0 Å². The van der Waals surface area contributed by atoms with Crippen LogP contribution in [0.5, 0.6) is 0 Å². The van der Waals surface area contributed by atoms with E-state index in [9.17, 15) is 0 Å². The van der Waals surface area contributed by atoms with Crippen LogP contribution in [0.15, 0.2) is 108 Å². The van der Waals surface area contributed by atoms with Gasteiger partial charge in [0.2, 0.25) is 0 Å². The Kier molecular flexibility index (Phi) is 9.41. The van der Waals surface area contributed by atoms with Crippen LogP contribution in [0.2, 0.25) is 0 Å². The summed E-state index contributed by atoms with van der Waals surface area (Å²) >= 11 is 6.42. The molecule has 0 aromatic rings. The lowest BCUT2D eigenvalue weighted by atomic mass is 9.95. The average Bonchev–Trinajstić information content (AvgIpc) is 3.20. The lowest BCUT2D eigenvalue weighted by Gasteiger charge is -2.36. The van der Waals surface area contributed by atoms with Crippen LogP contribution in [0.1, 0.15) is 13.8 Å². The zero-order valence-corrected chi connectivity index (χ0v) is 21.1. The fraction of sp³-hybridized carbons (Fsp3) is 0.333. The normalized spacial score (nSPS) is 21.9. The van der Waals surface area contributed by atoms with E-state index in [1.165, 1.54) is 28.9 Å². The number of hydrogen-bond acceptors (Lipinski definition) is 2. The number of alkyl halides is 1. The van der Waals surface area contributed by atoms with Gasteiger partial charge in [0.25, 0.3) is 0 Å². The number of likely N-dealkylation sites (N-methyl/N-ethyl adjacent to an activating group) is 1. The van der Waals surface area contributed by atoms with Gasteiger partial charge in [-0.15, -0.1) is 11.6 Å². The molecule has 2 heterocycles. The van der Waals surface area contributed by atoms with Gasteiger partial charge in [-0.25, -0.2) is 0 Å². The van der Waals surface area contributed by atoms with Crippen LogP contribution < -0.4 is 0 Å². The van der Waals surface area contributed by atoms with Crippen molar-refractivity contribution in [2.24, 2.45) is 0 Å². The number of rotatable bonds is 11. The molecule has 0 aliphatic carbocycles. The van der Waals surface area contributed by atoms with E-state index in [1.54, 1.807) is 6.08 Å². The van der Waals surface area contributed by atoms with E-state index in [-0.39, 0.29) is 0 Å². The first kappa shape index (κ1) is 25.2. The molecular weight excluding hydrogens is 419 g/mol. The van der Waals surface area contributed by atoms with E-state index < -0.39 is 7.26 Å². The SMILES string of the molecule is C=C/C=C\C=C/N1CC[P+]2(CC=C2/C(C(=C)C(=C)C)=C(\C(=C\C=C)CCl)N(C)CC)C1. The number of allylic oxidation sites excluding steroid dienone is 12. The van der Waals surface area contributed by atoms with Gasteiger partial charge in [-0.05, 0) is 37.1 Å². The third-order valence-corrected chi connectivity index (χ3v) is 10.6. The Morgan fingerprint density at radius 1 is 1.23 bits per heavy atom. The molecule has 1 saturated heterocycles. The molecule has 2 aliphatic heterocycles. The van der Waals surface area contributed by atoms with Crippen molar-refractivity contribution in [1.82, 2.24) is 9.80 Å². The Labute approximate surface area is 195 Å². The summed E-state index contributed by atoms with van der Waals surface area (Å²) in [6.07, 6.45) is 19.9. The predicted octanol–water partition coefficient (Wildman–Crippen LogP) is 7.12. The molecule has 0 bridgehead atoms. The van der Waals surface area contributed by atoms with Crippen molar-refractivity contribution in [3.63, 3.8) is 0 Å². The molecule has 0 amide bonds. The lowest BCUT2D eigenvalue weighted by molar-refractivity contribution is 0.447. The highest BCUT2D eigenvalue weighted by Crippen LogP contribution is 2.76. The summed E-state index contributed by atoms with van der Waals surface area (Å²) in [5.41, 5.74) is 5.50. The average molecular weight is 456 g/mol. The second-order valence-electron chi connectivity index (χ2n) is 8.11. The van der Waals surface area contributed by atoms with E-state index in [0.29, 0.717) is 5.88 Å². The van der Waals surface area contributed by atoms with Gasteiger partial charge in [0, 0.05) is 31.2 Å². The van der Waals surface area contributed by atoms with Crippen LogP contribution in [0.3, 0.4) is 0 Å². The molecular formula is C27H37ClN2P+. The summed E-state index contributed by atoms with van der Waals surface area (Å²) in [5.74, 6) is 0.432. The highest BCUT2D eigenvalue weighted by Gasteiger charge is 2.54. The predicted molar refractivity (Wildman–Crippen MR) is 143 cm³/mol. The van der Waals surface area contributed by atoms with Gasteiger partial charge in [-0.2, -0.15) is 0 Å². The molecule has 1 unspecified atom stereocenters. The topological polar surface area (TPSA) is 6.48 Å². The smallest absolute Gasteiger partial charge is 0.135 e. The van der Waals surface area contributed by atoms with Gasteiger partial charge >= 0.3 is 0 Å². The van der Waals surface area contributed by atoms with E-state index in [1.807, 2.05) is 31.2 Å². The maximum atomic E-state index is 6.42. The lowest BCUT2D eigenvalue weighted by Crippen LogP contribution is -2.25. The van der Waals surface area contributed by atoms with E-state index in [4.69, 9.17) is 11.6 Å². The molecule has 0 N–H and O–H groups in total. The highest BCUT2D eigenvalue weighted by atomic mass is 35.5. The Hall–Kier alpha value is -2.02. The highest BCUT2D eigenvalue weighted by molar-refractivity contribution is 7.81. The first-order valence-corrected chi connectivity index (χ1v) is 13.7. The second kappa shape index (κ2) is 11.6. The van der Waals surface area contributed by atoms with Crippen molar-refractivity contribution < 1.29 is 0 Å². The standard InChI is InChI=1S/C27H37ClN2P/c1-8-11-12-13-16-30-17-19-31(21-30)18-15-25(31)26(23(6)22(4)5)27(29(7)10-3)24(20-28)14-9-2/h8-9,11-16H,1-2,4,6,10,17-21H2,3,5,7H3/q+1/b12-11-,16-13-,24-14+,27-26+. The second-order valence-corrected chi connectivity index (χ2v) is 12.2. The minimum atomic E-state index is -1.26. The molecule has 31 heavy (non-hydrogen) atoms. The third-order valence-electron chi connectivity index (χ3n) is 6.00. The van der Waals surface area contributed by atoms with Gasteiger partial charge in [0.15, 0.2) is 0 Å². The van der Waals surface area contributed by atoms with Crippen molar-refractivity contribution in [2.45, 2.75) is 13.8 Å². The number of hydrogen-bond donors (Lipinski definition) is 0. The molecule has 2 aliphatic rings. The molecule has 166 valence electrons. The van der Waals surface area contributed by atoms with E-state index in [2.05, 4.69) is 68.4 Å². The van der Waals surface area contributed by atoms with Crippen molar-refractivity contribution >= 4 is 18.9 Å². The first-order chi connectivity index (χ1) is 14.8. The summed E-state index contributed by atoms with van der Waals surface area (Å²) < 4.78 is 0. The quantitative estimate of drug-likeness (QED) is 0.186. The van der Waals surface area contributed by atoms with Crippen molar-refractivity contribution in [1.29, 1.82) is 0 Å². The van der Waals surface area contributed by atoms with Crippen molar-refractivity contribution in [2.75, 3.05) is 44.6 Å². The molecule has 2 rings (SSSR count). The number of halogens is 1. The van der Waals surface area contributed by atoms with Crippen LogP contribution >= 0.6 is 18.9 Å². The third kappa shape index (κ3) is 5.62. The summed E-state index contributed by atoms with van der Waals surface area (Å²) in [6, 6.07) is 0. The monoisotopic (exact) mass is 455 g/mol. The maximum absolute atomic E-state index is 6.42. The fourth-order valence-electron chi connectivity index (χ4n) is 4.09. The van der Waals surface area contributed by atoms with Gasteiger partial charge in [-0.1, -0.05) is 62.3 Å². The van der Waals surface area contributed by atoms with E-state index >= 15 is 0 Å². The Balaban J connectivity index is 2.54. The molecule has 0 aromatic heterocycles. The Morgan fingerprint density at radius 2 is 1.97 bits per heavy atom. The van der Waals surface area contributed by atoms with Crippen LogP contribution in [-0.2, 0) is 0 Å². The molecule has 1 atom stereocenters. The van der Waals surface area contributed by atoms with Crippen LogP contribution in [0, 0.1) is 0 Å². The minimum Gasteiger partial charge on any atom is -0.374 e. The molecule has 0 aromatic carbocycles. The van der Waals surface area contributed by atoms with Gasteiger partial charge in [0.1, 0.15) is 11.6 Å². The zero-order chi connectivity index (χ0) is 23.0. The summed E-state index contributed by atoms with van der Waals surface area (Å²) in [4.78, 5) is 4.74. The molecule has 1 spiro atoms. The summed E-state index contributed by atoms with van der Waals surface area (Å²) in [7, 11) is 0.873. The minimum absolute atomic E-state index is 0.432. The Bertz CT molecular complexity index is 887. The number of nitrogens with zero attached hydrogens (tertiary/aromatic N) is 2. The molecule has 0 radical (unpaired) electrons. The van der Waals surface area contributed by atoms with Crippen molar-refractivity contribution in [3.8, 4) is 0 Å². The molecule has 0 saturated carbocycles. The van der Waals surface area contributed by atoms with Crippen LogP contribution in [0.25, 0.3) is 0 Å². The fourth-order valence-corrected chi connectivity index (χ4v) is 8.30. The Morgan fingerprint density at radius 3 is 2.48 bits per heavy atom. The molecule has 1 fully saturated rings. The summed E-state index contributed by atoms with van der Waals surface area (Å²) in [6.45, 7) is 22.5. The first-order valence-electron chi connectivity index (χ1n) is 10.8. The molecule has 4 heteroatoms. The van der Waals surface area contributed by atoms with Gasteiger partial charge < -0.3 is 9.80 Å². The largest absolute Gasteiger partial charge is 0.374 e. The summed E-state index contributed by atoms with van der Waals surface area (Å²) in [5, 5.41) is 1.49. The van der Waals surface area contributed by atoms with Crippen molar-refractivity contribution in [3.05, 3.63) is 108 Å². The maximum Gasteiger partial charge on any atom is 0.135 e. The van der Waals surface area contributed by atoms with E-state index in [0.717, 1.165) is 36.1 Å².